The molecule has 6 nitrogen and oxygen atoms in total. The standard InChI is InChI=1S/C9H7NO5/c11-8(12)4-14-5-1-2-7-6(3-5)10-9(13)15-7/h1-3H,4H2,(H,10,13)(H,11,12). The van der Waals surface area contributed by atoms with Gasteiger partial charge >= 0.3 is 11.7 Å². The van der Waals surface area contributed by atoms with Crippen molar-refractivity contribution in [1.29, 1.82) is 0 Å². The maximum absolute atomic E-state index is 10.8. The molecule has 0 radical (unpaired) electrons. The largest absolute Gasteiger partial charge is 0.482 e. The topological polar surface area (TPSA) is 92.5 Å². The lowest BCUT2D eigenvalue weighted by Crippen LogP contribution is -2.09. The highest BCUT2D eigenvalue weighted by atomic mass is 16.5. The molecular weight excluding hydrogens is 202 g/mol. The highest BCUT2D eigenvalue weighted by molar-refractivity contribution is 5.74. The van der Waals surface area contributed by atoms with Crippen LogP contribution in [0.4, 0.5) is 0 Å². The summed E-state index contributed by atoms with van der Waals surface area (Å²) in [6, 6.07) is 4.57. The Bertz CT molecular complexity index is 553. The Morgan fingerprint density at radius 2 is 2.33 bits per heavy atom. The number of aromatic amines is 1. The lowest BCUT2D eigenvalue weighted by Gasteiger charge is -2.01. The van der Waals surface area contributed by atoms with Crippen LogP contribution >= 0.6 is 0 Å². The predicted octanol–water partition coefficient (Wildman–Crippen LogP) is 0.585. The van der Waals surface area contributed by atoms with Crippen LogP contribution in [0.3, 0.4) is 0 Å². The predicted molar refractivity (Wildman–Crippen MR) is 50.0 cm³/mol. The van der Waals surface area contributed by atoms with Gasteiger partial charge in [-0.2, -0.15) is 0 Å². The van der Waals surface area contributed by atoms with Crippen LogP contribution in [0, 0.1) is 0 Å². The van der Waals surface area contributed by atoms with E-state index in [0.717, 1.165) is 0 Å². The van der Waals surface area contributed by atoms with Gasteiger partial charge in [0.05, 0.1) is 5.52 Å². The van der Waals surface area contributed by atoms with Crippen LogP contribution in [0.1, 0.15) is 0 Å². The lowest BCUT2D eigenvalue weighted by molar-refractivity contribution is -0.139. The van der Waals surface area contributed by atoms with E-state index in [1.165, 1.54) is 18.2 Å². The van der Waals surface area contributed by atoms with E-state index in [1.54, 1.807) is 0 Å². The molecule has 1 heterocycles. The minimum atomic E-state index is -1.06. The number of hydrogen-bond donors (Lipinski definition) is 2. The number of aromatic nitrogens is 1. The summed E-state index contributed by atoms with van der Waals surface area (Å²) < 4.78 is 9.69. The molecule has 0 fully saturated rings. The number of H-pyrrole nitrogens is 1. The second kappa shape index (κ2) is 3.49. The summed E-state index contributed by atoms with van der Waals surface area (Å²) in [7, 11) is 0. The number of fused-ring (bicyclic) bond motifs is 1. The lowest BCUT2D eigenvalue weighted by atomic mass is 10.3. The van der Waals surface area contributed by atoms with Crippen molar-refractivity contribution in [2.45, 2.75) is 0 Å². The zero-order valence-corrected chi connectivity index (χ0v) is 7.52. The highest BCUT2D eigenvalue weighted by Gasteiger charge is 2.04. The van der Waals surface area contributed by atoms with Gasteiger partial charge < -0.3 is 14.3 Å². The Labute approximate surface area is 83.1 Å². The molecule has 0 amide bonds. The number of rotatable bonds is 3. The van der Waals surface area contributed by atoms with Gasteiger partial charge in [-0.1, -0.05) is 0 Å². The summed E-state index contributed by atoms with van der Waals surface area (Å²) >= 11 is 0. The molecule has 0 spiro atoms. The summed E-state index contributed by atoms with van der Waals surface area (Å²) in [5, 5.41) is 8.39. The number of aliphatic carboxylic acids is 1. The van der Waals surface area contributed by atoms with Crippen molar-refractivity contribution >= 4 is 17.1 Å². The second-order valence-electron chi connectivity index (χ2n) is 2.85. The van der Waals surface area contributed by atoms with Crippen LogP contribution < -0.4 is 10.5 Å². The molecule has 2 N–H and O–H groups in total. The molecule has 0 unspecified atom stereocenters. The van der Waals surface area contributed by atoms with Gasteiger partial charge in [0.2, 0.25) is 0 Å². The summed E-state index contributed by atoms with van der Waals surface area (Å²) in [6.07, 6.45) is 0. The smallest absolute Gasteiger partial charge is 0.417 e. The number of carboxylic acids is 1. The van der Waals surface area contributed by atoms with Gasteiger partial charge in [-0.15, -0.1) is 0 Å². The number of benzene rings is 1. The van der Waals surface area contributed by atoms with Crippen molar-refractivity contribution in [3.8, 4) is 5.75 Å². The Kier molecular flexibility index (Phi) is 2.17. The van der Waals surface area contributed by atoms with Crippen molar-refractivity contribution in [2.75, 3.05) is 6.61 Å². The molecule has 78 valence electrons. The van der Waals surface area contributed by atoms with Crippen LogP contribution in [0.5, 0.6) is 5.75 Å². The van der Waals surface area contributed by atoms with Gasteiger partial charge in [-0.05, 0) is 12.1 Å². The zero-order valence-electron chi connectivity index (χ0n) is 7.52. The average molecular weight is 209 g/mol. The fraction of sp³-hybridized carbons (Fsp3) is 0.111. The Balaban J connectivity index is 2.30. The van der Waals surface area contributed by atoms with E-state index in [-0.39, 0.29) is 0 Å². The summed E-state index contributed by atoms with van der Waals surface area (Å²) in [5.41, 5.74) is 0.880. The van der Waals surface area contributed by atoms with E-state index >= 15 is 0 Å². The van der Waals surface area contributed by atoms with Crippen molar-refractivity contribution in [1.82, 2.24) is 4.98 Å². The van der Waals surface area contributed by atoms with Crippen LogP contribution in [-0.2, 0) is 4.79 Å². The van der Waals surface area contributed by atoms with E-state index in [0.29, 0.717) is 16.8 Å². The number of ether oxygens (including phenoxy) is 1. The third kappa shape index (κ3) is 1.98. The molecule has 0 saturated carbocycles. The van der Waals surface area contributed by atoms with Crippen LogP contribution in [-0.4, -0.2) is 22.7 Å². The molecule has 2 aromatic rings. The molecule has 1 aromatic heterocycles. The molecule has 6 heteroatoms. The molecular formula is C9H7NO5. The minimum absolute atomic E-state index is 0.363. The van der Waals surface area contributed by atoms with E-state index in [2.05, 4.69) is 4.98 Å². The van der Waals surface area contributed by atoms with Crippen molar-refractivity contribution in [3.05, 3.63) is 28.7 Å². The Morgan fingerprint density at radius 3 is 3.07 bits per heavy atom. The van der Waals surface area contributed by atoms with Crippen LogP contribution in [0.25, 0.3) is 11.1 Å². The fourth-order valence-corrected chi connectivity index (χ4v) is 1.17. The molecule has 0 aliphatic carbocycles. The molecule has 1 aromatic carbocycles. The molecule has 15 heavy (non-hydrogen) atoms. The summed E-state index contributed by atoms with van der Waals surface area (Å²) in [4.78, 5) is 23.5. The van der Waals surface area contributed by atoms with Gasteiger partial charge in [-0.3, -0.25) is 4.98 Å². The second-order valence-corrected chi connectivity index (χ2v) is 2.85. The third-order valence-electron chi connectivity index (χ3n) is 1.75. The molecule has 0 aliphatic rings. The van der Waals surface area contributed by atoms with Crippen LogP contribution in [0.2, 0.25) is 0 Å². The molecule has 0 saturated heterocycles. The number of hydrogen-bond acceptors (Lipinski definition) is 4. The van der Waals surface area contributed by atoms with Gasteiger partial charge in [0.1, 0.15) is 5.75 Å². The maximum atomic E-state index is 10.8. The van der Waals surface area contributed by atoms with Gasteiger partial charge in [-0.25, -0.2) is 9.59 Å². The molecule has 0 bridgehead atoms. The van der Waals surface area contributed by atoms with E-state index < -0.39 is 18.3 Å². The molecule has 0 atom stereocenters. The quantitative estimate of drug-likeness (QED) is 0.771. The van der Waals surface area contributed by atoms with Crippen molar-refractivity contribution in [2.24, 2.45) is 0 Å². The summed E-state index contributed by atoms with van der Waals surface area (Å²) in [5.74, 6) is -1.25. The first kappa shape index (κ1) is 9.32. The Hall–Kier alpha value is -2.24. The first-order valence-electron chi connectivity index (χ1n) is 4.12. The van der Waals surface area contributed by atoms with Crippen LogP contribution in [0.15, 0.2) is 27.4 Å². The number of carboxylic acid groups (broad SMARTS) is 1. The molecule has 0 aliphatic heterocycles. The SMILES string of the molecule is O=C(O)COc1ccc2oc(=O)[nH]c2c1. The summed E-state index contributed by atoms with van der Waals surface area (Å²) in [6.45, 7) is -0.423. The number of nitrogens with one attached hydrogen (secondary N) is 1. The average Bonchev–Trinajstić information content (AvgIpc) is 2.53. The number of oxazole rings is 1. The maximum Gasteiger partial charge on any atom is 0.417 e. The minimum Gasteiger partial charge on any atom is -0.482 e. The fourth-order valence-electron chi connectivity index (χ4n) is 1.17. The third-order valence-corrected chi connectivity index (χ3v) is 1.75. The first-order valence-corrected chi connectivity index (χ1v) is 4.12. The number of carbonyl (C=O) groups is 1. The van der Waals surface area contributed by atoms with E-state index in [4.69, 9.17) is 14.3 Å². The van der Waals surface area contributed by atoms with E-state index in [1.807, 2.05) is 0 Å². The van der Waals surface area contributed by atoms with Gasteiger partial charge in [0, 0.05) is 6.07 Å². The first-order chi connectivity index (χ1) is 7.15. The molecule has 2 rings (SSSR count). The highest BCUT2D eigenvalue weighted by Crippen LogP contribution is 2.17. The van der Waals surface area contributed by atoms with Crippen molar-refractivity contribution < 1.29 is 19.1 Å². The van der Waals surface area contributed by atoms with Gasteiger partial charge in [0.15, 0.2) is 12.2 Å². The van der Waals surface area contributed by atoms with E-state index in [9.17, 15) is 9.59 Å². The zero-order chi connectivity index (χ0) is 10.8. The van der Waals surface area contributed by atoms with Gasteiger partial charge in [0.25, 0.3) is 0 Å². The van der Waals surface area contributed by atoms with Crippen molar-refractivity contribution in [3.63, 3.8) is 0 Å². The normalized spacial score (nSPS) is 10.4. The Morgan fingerprint density at radius 1 is 1.53 bits per heavy atom. The monoisotopic (exact) mass is 209 g/mol.